The van der Waals surface area contributed by atoms with Crippen LogP contribution in [-0.4, -0.2) is 54.1 Å². The molecule has 1 unspecified atom stereocenters. The average Bonchev–Trinajstić information content (AvgIpc) is 2.96. The van der Waals surface area contributed by atoms with Crippen molar-refractivity contribution in [2.24, 2.45) is 5.92 Å². The molecule has 0 amide bonds. The van der Waals surface area contributed by atoms with Crippen molar-refractivity contribution < 1.29 is 38.9 Å². The lowest BCUT2D eigenvalue weighted by molar-refractivity contribution is -0.533. The predicted octanol–water partition coefficient (Wildman–Crippen LogP) is 4.51. The fourth-order valence-corrected chi connectivity index (χ4v) is 5.26. The third kappa shape index (κ3) is 5.61. The Morgan fingerprint density at radius 2 is 1.50 bits per heavy atom. The van der Waals surface area contributed by atoms with Gasteiger partial charge in [-0.1, -0.05) is 30.3 Å². The van der Waals surface area contributed by atoms with E-state index in [0.717, 1.165) is 0 Å². The molecule has 0 heterocycles. The molecule has 3 aromatic carbocycles. The summed E-state index contributed by atoms with van der Waals surface area (Å²) in [5, 5.41) is 32.5. The number of aromatic hydroxyl groups is 2. The Hall–Kier alpha value is -4.86. The number of nitro groups is 1. The highest BCUT2D eigenvalue weighted by Gasteiger charge is 2.54. The molecule has 1 saturated carbocycles. The highest BCUT2D eigenvalue weighted by molar-refractivity contribution is 6.10. The number of benzene rings is 3. The number of phenols is 2. The van der Waals surface area contributed by atoms with E-state index in [-0.39, 0.29) is 29.4 Å². The summed E-state index contributed by atoms with van der Waals surface area (Å²) in [4.78, 5) is 39.4. The minimum absolute atomic E-state index is 0.0706. The van der Waals surface area contributed by atoms with Gasteiger partial charge >= 0.3 is 0 Å². The van der Waals surface area contributed by atoms with Gasteiger partial charge in [-0.2, -0.15) is 0 Å². The van der Waals surface area contributed by atoms with Crippen LogP contribution in [0.3, 0.4) is 0 Å². The van der Waals surface area contributed by atoms with Crippen LogP contribution in [0.5, 0.6) is 28.7 Å². The van der Waals surface area contributed by atoms with Crippen LogP contribution in [-0.2, 0) is 9.59 Å². The first-order valence-corrected chi connectivity index (χ1v) is 12.4. The summed E-state index contributed by atoms with van der Waals surface area (Å²) in [6.45, 7) is 0. The third-order valence-corrected chi connectivity index (χ3v) is 7.23. The van der Waals surface area contributed by atoms with Crippen molar-refractivity contribution in [1.82, 2.24) is 0 Å². The summed E-state index contributed by atoms with van der Waals surface area (Å²) < 4.78 is 15.5. The standard InChI is InChI=1S/C30H29NO9/c1-38-20-9-6-18(7-10-20)28-29(24(34)12-5-17-4-11-22(32)26(14-17)39-2)25(35)16-21(30(28)31(36)37)19-8-13-23(33)27(15-19)40-3/h4-15,21,28-30,32-33H,16H2,1-3H3/b12-5+/t21-,28+,29?,30+/m1/s1. The topological polar surface area (TPSA) is 145 Å². The summed E-state index contributed by atoms with van der Waals surface area (Å²) in [7, 11) is 4.25. The van der Waals surface area contributed by atoms with Crippen molar-refractivity contribution >= 4 is 17.6 Å². The van der Waals surface area contributed by atoms with Crippen LogP contribution in [0.1, 0.15) is 34.9 Å². The molecule has 10 nitrogen and oxygen atoms in total. The van der Waals surface area contributed by atoms with Crippen LogP contribution in [0, 0.1) is 16.0 Å². The highest BCUT2D eigenvalue weighted by atomic mass is 16.6. The van der Waals surface area contributed by atoms with E-state index in [2.05, 4.69) is 0 Å². The van der Waals surface area contributed by atoms with Gasteiger partial charge in [-0.25, -0.2) is 0 Å². The zero-order chi connectivity index (χ0) is 29.0. The van der Waals surface area contributed by atoms with Gasteiger partial charge in [-0.05, 0) is 59.2 Å². The van der Waals surface area contributed by atoms with E-state index in [1.54, 1.807) is 30.3 Å². The number of methoxy groups -OCH3 is 3. The van der Waals surface area contributed by atoms with Crippen LogP contribution < -0.4 is 14.2 Å². The Labute approximate surface area is 230 Å². The molecule has 1 fully saturated rings. The second-order valence-corrected chi connectivity index (χ2v) is 9.43. The summed E-state index contributed by atoms with van der Waals surface area (Å²) in [6.07, 6.45) is 2.45. The number of hydrogen-bond acceptors (Lipinski definition) is 9. The molecule has 1 aliphatic carbocycles. The number of phenolic OH excluding ortho intramolecular Hbond substituents is 2. The quantitative estimate of drug-likeness (QED) is 0.171. The number of carbonyl (C=O) groups is 2. The van der Waals surface area contributed by atoms with Crippen molar-refractivity contribution in [3.05, 3.63) is 93.5 Å². The average molecular weight is 548 g/mol. The number of carbonyl (C=O) groups excluding carboxylic acids is 2. The Bertz CT molecular complexity index is 1450. The maximum Gasteiger partial charge on any atom is 0.228 e. The minimum Gasteiger partial charge on any atom is -0.504 e. The zero-order valence-corrected chi connectivity index (χ0v) is 22.1. The number of nitrogens with zero attached hydrogens (tertiary/aromatic N) is 1. The fourth-order valence-electron chi connectivity index (χ4n) is 5.26. The maximum atomic E-state index is 13.6. The van der Waals surface area contributed by atoms with Gasteiger partial charge in [0.25, 0.3) is 0 Å². The molecule has 0 saturated heterocycles. The van der Waals surface area contributed by atoms with E-state index in [0.29, 0.717) is 22.4 Å². The van der Waals surface area contributed by atoms with E-state index >= 15 is 0 Å². The molecule has 10 heteroatoms. The van der Waals surface area contributed by atoms with Crippen LogP contribution in [0.15, 0.2) is 66.7 Å². The summed E-state index contributed by atoms with van der Waals surface area (Å²) in [5.74, 6) is -3.64. The molecular weight excluding hydrogens is 518 g/mol. The van der Waals surface area contributed by atoms with Crippen molar-refractivity contribution in [3.8, 4) is 28.7 Å². The molecule has 3 aromatic rings. The number of hydrogen-bond donors (Lipinski definition) is 2. The second kappa shape index (κ2) is 11.9. The van der Waals surface area contributed by atoms with Crippen LogP contribution in [0.4, 0.5) is 0 Å². The molecule has 0 aliphatic heterocycles. The normalized spacial score (nSPS) is 20.7. The van der Waals surface area contributed by atoms with E-state index in [4.69, 9.17) is 14.2 Å². The predicted molar refractivity (Wildman–Crippen MR) is 146 cm³/mol. The second-order valence-electron chi connectivity index (χ2n) is 9.43. The first kappa shape index (κ1) is 28.2. The van der Waals surface area contributed by atoms with Gasteiger partial charge in [0.1, 0.15) is 11.5 Å². The molecule has 2 N–H and O–H groups in total. The molecule has 0 spiro atoms. The van der Waals surface area contributed by atoms with Crippen molar-refractivity contribution in [2.45, 2.75) is 24.3 Å². The van der Waals surface area contributed by atoms with E-state index in [1.165, 1.54) is 63.8 Å². The lowest BCUT2D eigenvalue weighted by atomic mass is 9.64. The van der Waals surface area contributed by atoms with Crippen LogP contribution >= 0.6 is 0 Å². The van der Waals surface area contributed by atoms with Crippen molar-refractivity contribution in [3.63, 3.8) is 0 Å². The largest absolute Gasteiger partial charge is 0.504 e. The summed E-state index contributed by atoms with van der Waals surface area (Å²) in [5.41, 5.74) is 1.43. The Morgan fingerprint density at radius 3 is 2.10 bits per heavy atom. The SMILES string of the molecule is COc1ccc([C@H]2C(C(=O)/C=C/c3ccc(O)c(OC)c3)C(=O)C[C@H](c3ccc(O)c(OC)c3)[C@@H]2[N+](=O)[O-])cc1. The first-order valence-electron chi connectivity index (χ1n) is 12.4. The van der Waals surface area contributed by atoms with Gasteiger partial charge in [0.15, 0.2) is 28.8 Å². The lowest BCUT2D eigenvalue weighted by Gasteiger charge is -2.36. The number of rotatable bonds is 9. The number of allylic oxidation sites excluding steroid dienone is 1. The molecule has 1 aliphatic rings. The molecule has 0 aromatic heterocycles. The number of ketones is 2. The van der Waals surface area contributed by atoms with Crippen molar-refractivity contribution in [1.29, 1.82) is 0 Å². The monoisotopic (exact) mass is 547 g/mol. The number of ether oxygens (including phenoxy) is 3. The first-order chi connectivity index (χ1) is 19.2. The van der Waals surface area contributed by atoms with E-state index < -0.39 is 40.3 Å². The third-order valence-electron chi connectivity index (χ3n) is 7.23. The molecular formula is C30H29NO9. The maximum absolute atomic E-state index is 13.6. The zero-order valence-electron chi connectivity index (χ0n) is 22.1. The van der Waals surface area contributed by atoms with Gasteiger partial charge in [-0.3, -0.25) is 19.7 Å². The van der Waals surface area contributed by atoms with Crippen LogP contribution in [0.25, 0.3) is 6.08 Å². The van der Waals surface area contributed by atoms with Gasteiger partial charge < -0.3 is 24.4 Å². The Balaban J connectivity index is 1.79. The minimum atomic E-state index is -1.34. The molecule has 4 atom stereocenters. The summed E-state index contributed by atoms with van der Waals surface area (Å²) in [6, 6.07) is 14.1. The van der Waals surface area contributed by atoms with Gasteiger partial charge in [0.05, 0.1) is 39.1 Å². The lowest BCUT2D eigenvalue weighted by Crippen LogP contribution is -2.48. The Kier molecular flexibility index (Phi) is 8.37. The fraction of sp³-hybridized carbons (Fsp3) is 0.267. The van der Waals surface area contributed by atoms with Gasteiger partial charge in [0, 0.05) is 11.3 Å². The van der Waals surface area contributed by atoms with Gasteiger partial charge in [0.2, 0.25) is 6.04 Å². The molecule has 40 heavy (non-hydrogen) atoms. The Morgan fingerprint density at radius 1 is 0.900 bits per heavy atom. The molecule has 208 valence electrons. The molecule has 4 rings (SSSR count). The molecule has 0 radical (unpaired) electrons. The smallest absolute Gasteiger partial charge is 0.228 e. The van der Waals surface area contributed by atoms with Crippen molar-refractivity contribution in [2.75, 3.05) is 21.3 Å². The van der Waals surface area contributed by atoms with Gasteiger partial charge in [-0.15, -0.1) is 0 Å². The summed E-state index contributed by atoms with van der Waals surface area (Å²) >= 11 is 0. The van der Waals surface area contributed by atoms with E-state index in [1.807, 2.05) is 0 Å². The number of Topliss-reactive ketones (excluding diaryl/α,β-unsaturated/α-hetero) is 1. The van der Waals surface area contributed by atoms with Crippen LogP contribution in [0.2, 0.25) is 0 Å². The van der Waals surface area contributed by atoms with E-state index in [9.17, 15) is 29.9 Å². The molecule has 0 bridgehead atoms. The highest BCUT2D eigenvalue weighted by Crippen LogP contribution is 2.46.